The maximum Gasteiger partial charge on any atom is 0.0456 e. The van der Waals surface area contributed by atoms with Crippen molar-refractivity contribution in [1.29, 1.82) is 0 Å². The third-order valence-electron chi connectivity index (χ3n) is 7.20. The van der Waals surface area contributed by atoms with Crippen LogP contribution < -0.4 is 0 Å². The largest absolute Gasteiger partial charge is 0.361 e. The molecule has 3 nitrogen and oxygen atoms in total. The number of piperidine rings is 1. The molecule has 3 heterocycles. The molecule has 0 spiro atoms. The van der Waals surface area contributed by atoms with Crippen molar-refractivity contribution in [1.82, 2.24) is 14.9 Å². The first kappa shape index (κ1) is 17.9. The molecule has 2 aromatic heterocycles. The lowest BCUT2D eigenvalue weighted by atomic mass is 9.89. The van der Waals surface area contributed by atoms with E-state index < -0.39 is 0 Å². The number of likely N-dealkylation sites (tertiary alicyclic amines) is 1. The van der Waals surface area contributed by atoms with E-state index in [0.29, 0.717) is 5.92 Å². The van der Waals surface area contributed by atoms with Crippen molar-refractivity contribution in [2.75, 3.05) is 19.6 Å². The minimum absolute atomic E-state index is 0.717. The molecule has 3 heteroatoms. The third kappa shape index (κ3) is 3.73. The predicted molar refractivity (Wildman–Crippen MR) is 116 cm³/mol. The van der Waals surface area contributed by atoms with Gasteiger partial charge in [-0.2, -0.15) is 0 Å². The van der Waals surface area contributed by atoms with Crippen LogP contribution in [0.25, 0.3) is 10.9 Å². The van der Waals surface area contributed by atoms with E-state index in [9.17, 15) is 0 Å². The van der Waals surface area contributed by atoms with Crippen molar-refractivity contribution < 1.29 is 0 Å². The van der Waals surface area contributed by atoms with Crippen molar-refractivity contribution in [3.05, 3.63) is 66.1 Å². The maximum absolute atomic E-state index is 4.31. The summed E-state index contributed by atoms with van der Waals surface area (Å²) >= 11 is 0. The number of H-pyrrole nitrogens is 1. The van der Waals surface area contributed by atoms with Gasteiger partial charge in [-0.15, -0.1) is 0 Å². The Morgan fingerprint density at radius 3 is 2.71 bits per heavy atom. The van der Waals surface area contributed by atoms with E-state index in [2.05, 4.69) is 63.7 Å². The lowest BCUT2D eigenvalue weighted by Gasteiger charge is -2.32. The topological polar surface area (TPSA) is 31.9 Å². The summed E-state index contributed by atoms with van der Waals surface area (Å²) in [6, 6.07) is 13.1. The van der Waals surface area contributed by atoms with Gasteiger partial charge in [0.2, 0.25) is 0 Å². The van der Waals surface area contributed by atoms with Gasteiger partial charge in [0.15, 0.2) is 0 Å². The number of aromatic nitrogens is 2. The molecule has 3 aromatic rings. The van der Waals surface area contributed by atoms with Gasteiger partial charge in [-0.05, 0) is 99.2 Å². The zero-order valence-electron chi connectivity index (χ0n) is 16.7. The van der Waals surface area contributed by atoms with E-state index in [1.54, 1.807) is 0 Å². The van der Waals surface area contributed by atoms with Gasteiger partial charge in [0.25, 0.3) is 0 Å². The van der Waals surface area contributed by atoms with Crippen LogP contribution in [0.3, 0.4) is 0 Å². The van der Waals surface area contributed by atoms with Crippen LogP contribution in [-0.2, 0) is 0 Å². The molecular weight excluding hydrogens is 342 g/mol. The lowest BCUT2D eigenvalue weighted by Crippen LogP contribution is -2.34. The van der Waals surface area contributed by atoms with Gasteiger partial charge < -0.3 is 9.88 Å². The highest BCUT2D eigenvalue weighted by molar-refractivity contribution is 5.83. The number of benzene rings is 1. The van der Waals surface area contributed by atoms with Crippen LogP contribution in [0, 0.1) is 5.92 Å². The van der Waals surface area contributed by atoms with E-state index in [0.717, 1.165) is 11.8 Å². The van der Waals surface area contributed by atoms with Crippen LogP contribution in [0.15, 0.2) is 55.0 Å². The summed E-state index contributed by atoms with van der Waals surface area (Å²) in [7, 11) is 0. The Morgan fingerprint density at radius 2 is 1.86 bits per heavy atom. The smallest absolute Gasteiger partial charge is 0.0456 e. The number of nitrogens with one attached hydrogen (secondary N) is 1. The third-order valence-corrected chi connectivity index (χ3v) is 7.20. The van der Waals surface area contributed by atoms with Crippen molar-refractivity contribution >= 4 is 10.9 Å². The first-order valence-corrected chi connectivity index (χ1v) is 11.0. The Hall–Kier alpha value is -2.13. The number of pyridine rings is 1. The minimum Gasteiger partial charge on any atom is -0.361 e. The van der Waals surface area contributed by atoms with Gasteiger partial charge in [0.05, 0.1) is 0 Å². The summed E-state index contributed by atoms with van der Waals surface area (Å²) in [5, 5.41) is 1.42. The van der Waals surface area contributed by atoms with Crippen LogP contribution in [-0.4, -0.2) is 34.5 Å². The van der Waals surface area contributed by atoms with Crippen molar-refractivity contribution in [2.24, 2.45) is 5.92 Å². The molecule has 1 aliphatic carbocycles. The number of hydrogen-bond donors (Lipinski definition) is 1. The molecule has 1 unspecified atom stereocenters. The van der Waals surface area contributed by atoms with Gasteiger partial charge in [0.1, 0.15) is 0 Å². The maximum atomic E-state index is 4.31. The number of rotatable bonds is 5. The molecular formula is C25H31N3. The summed E-state index contributed by atoms with van der Waals surface area (Å²) in [5.74, 6) is 2.36. The number of fused-ring (bicyclic) bond motifs is 1. The molecule has 1 saturated heterocycles. The fourth-order valence-corrected chi connectivity index (χ4v) is 5.52. The van der Waals surface area contributed by atoms with Crippen LogP contribution in [0.5, 0.6) is 0 Å². The number of nitrogens with zero attached hydrogens (tertiary/aromatic N) is 2. The zero-order chi connectivity index (χ0) is 18.8. The Morgan fingerprint density at radius 1 is 0.964 bits per heavy atom. The Balaban J connectivity index is 1.10. The average Bonchev–Trinajstić information content (AvgIpc) is 3.41. The molecule has 146 valence electrons. The molecule has 28 heavy (non-hydrogen) atoms. The van der Waals surface area contributed by atoms with E-state index >= 15 is 0 Å². The van der Waals surface area contributed by atoms with Gasteiger partial charge in [-0.3, -0.25) is 4.98 Å². The fourth-order valence-electron chi connectivity index (χ4n) is 5.52. The molecule has 2 aliphatic rings. The van der Waals surface area contributed by atoms with Gasteiger partial charge >= 0.3 is 0 Å². The summed E-state index contributed by atoms with van der Waals surface area (Å²) < 4.78 is 0. The molecule has 0 radical (unpaired) electrons. The summed E-state index contributed by atoms with van der Waals surface area (Å²) in [6.07, 6.45) is 14.3. The van der Waals surface area contributed by atoms with E-state index in [-0.39, 0.29) is 0 Å². The highest BCUT2D eigenvalue weighted by Crippen LogP contribution is 2.40. The molecule has 2 fully saturated rings. The first-order chi connectivity index (χ1) is 13.9. The summed E-state index contributed by atoms with van der Waals surface area (Å²) in [4.78, 5) is 10.5. The monoisotopic (exact) mass is 373 g/mol. The molecule has 1 N–H and O–H groups in total. The van der Waals surface area contributed by atoms with Crippen molar-refractivity contribution in [2.45, 2.75) is 50.4 Å². The molecule has 0 bridgehead atoms. The number of aromatic amines is 1. The lowest BCUT2D eigenvalue weighted by molar-refractivity contribution is 0.199. The van der Waals surface area contributed by atoms with Crippen LogP contribution >= 0.6 is 0 Å². The SMILES string of the molecule is c1cncc(C2CC[C@@H](CCN3CCC(c4c[nH]c5ccccc45)CC3)C2)c1. The molecule has 5 rings (SSSR count). The normalized spacial score (nSPS) is 24.1. The molecule has 0 amide bonds. The van der Waals surface area contributed by atoms with Crippen LogP contribution in [0.4, 0.5) is 0 Å². The molecule has 1 aromatic carbocycles. The Labute approximate surface area is 168 Å². The second-order valence-electron chi connectivity index (χ2n) is 8.86. The van der Waals surface area contributed by atoms with Crippen molar-refractivity contribution in [3.63, 3.8) is 0 Å². The van der Waals surface area contributed by atoms with Gasteiger partial charge in [-0.25, -0.2) is 0 Å². The minimum atomic E-state index is 0.717. The summed E-state index contributed by atoms with van der Waals surface area (Å²) in [5.41, 5.74) is 4.26. The highest BCUT2D eigenvalue weighted by atomic mass is 15.1. The fraction of sp³-hybridized carbons (Fsp3) is 0.480. The highest BCUT2D eigenvalue weighted by Gasteiger charge is 2.27. The van der Waals surface area contributed by atoms with E-state index in [1.807, 2.05) is 6.20 Å². The second kappa shape index (κ2) is 8.08. The first-order valence-electron chi connectivity index (χ1n) is 11.0. The Bertz CT molecular complexity index is 892. The summed E-state index contributed by atoms with van der Waals surface area (Å²) in [6.45, 7) is 3.79. The average molecular weight is 374 g/mol. The standard InChI is InChI=1S/C25H31N3/c1-2-6-25-23(5-1)24(18-27-25)20-10-14-28(15-11-20)13-9-19-7-8-21(16-19)22-4-3-12-26-17-22/h1-6,12,17-21,27H,7-11,13-16H2/t19-,21?/m0/s1. The number of hydrogen-bond acceptors (Lipinski definition) is 2. The van der Waals surface area contributed by atoms with Crippen LogP contribution in [0.1, 0.15) is 61.5 Å². The van der Waals surface area contributed by atoms with E-state index in [1.165, 1.54) is 80.2 Å². The zero-order valence-corrected chi connectivity index (χ0v) is 16.7. The second-order valence-corrected chi connectivity index (χ2v) is 8.86. The molecule has 2 atom stereocenters. The van der Waals surface area contributed by atoms with Gasteiger partial charge in [0, 0.05) is 29.5 Å². The molecule has 1 aliphatic heterocycles. The van der Waals surface area contributed by atoms with Crippen LogP contribution in [0.2, 0.25) is 0 Å². The van der Waals surface area contributed by atoms with Crippen molar-refractivity contribution in [3.8, 4) is 0 Å². The quantitative estimate of drug-likeness (QED) is 0.620. The van der Waals surface area contributed by atoms with E-state index in [4.69, 9.17) is 0 Å². The van der Waals surface area contributed by atoms with Gasteiger partial charge in [-0.1, -0.05) is 24.3 Å². The number of para-hydroxylation sites is 1. The predicted octanol–water partition coefficient (Wildman–Crippen LogP) is 5.72. The molecule has 1 saturated carbocycles. The Kier molecular flexibility index (Phi) is 5.18.